The van der Waals surface area contributed by atoms with E-state index in [2.05, 4.69) is 40.8 Å². The summed E-state index contributed by atoms with van der Waals surface area (Å²) in [5.74, 6) is -0.215. The standard InChI is InChI=1S/C19H20F3NO/c1-3-15-6-10-17(11-7-15)23(2)14-4-5-16-8-12-18(13-9-16)24-19(20,21)22/h4-13H,3,14H2,1-2H3. The summed E-state index contributed by atoms with van der Waals surface area (Å²) in [5.41, 5.74) is 3.23. The molecule has 0 fully saturated rings. The van der Waals surface area contributed by atoms with Gasteiger partial charge in [0.25, 0.3) is 0 Å². The van der Waals surface area contributed by atoms with Crippen molar-refractivity contribution in [2.75, 3.05) is 18.5 Å². The van der Waals surface area contributed by atoms with Crippen LogP contribution in [0.5, 0.6) is 5.75 Å². The van der Waals surface area contributed by atoms with Gasteiger partial charge >= 0.3 is 6.36 Å². The Morgan fingerprint density at radius 1 is 1.00 bits per heavy atom. The minimum Gasteiger partial charge on any atom is -0.406 e. The molecule has 0 aliphatic rings. The highest BCUT2D eigenvalue weighted by atomic mass is 19.4. The molecule has 0 radical (unpaired) electrons. The van der Waals surface area contributed by atoms with Gasteiger partial charge in [0.1, 0.15) is 5.75 Å². The van der Waals surface area contributed by atoms with E-state index in [0.717, 1.165) is 17.7 Å². The van der Waals surface area contributed by atoms with E-state index in [1.54, 1.807) is 12.1 Å². The monoisotopic (exact) mass is 335 g/mol. The van der Waals surface area contributed by atoms with Crippen molar-refractivity contribution in [3.63, 3.8) is 0 Å². The number of anilines is 1. The molecular weight excluding hydrogens is 315 g/mol. The van der Waals surface area contributed by atoms with E-state index in [0.29, 0.717) is 6.54 Å². The fourth-order valence-corrected chi connectivity index (χ4v) is 2.22. The molecule has 5 heteroatoms. The fourth-order valence-electron chi connectivity index (χ4n) is 2.22. The molecular formula is C19H20F3NO. The van der Waals surface area contributed by atoms with Crippen molar-refractivity contribution in [2.45, 2.75) is 19.7 Å². The van der Waals surface area contributed by atoms with Gasteiger partial charge in [-0.25, -0.2) is 0 Å². The van der Waals surface area contributed by atoms with Crippen molar-refractivity contribution < 1.29 is 17.9 Å². The Balaban J connectivity index is 1.90. The number of benzene rings is 2. The summed E-state index contributed by atoms with van der Waals surface area (Å²) in [6.45, 7) is 2.82. The van der Waals surface area contributed by atoms with Gasteiger partial charge < -0.3 is 9.64 Å². The van der Waals surface area contributed by atoms with Gasteiger partial charge in [-0.15, -0.1) is 13.2 Å². The summed E-state index contributed by atoms with van der Waals surface area (Å²) < 4.78 is 40.1. The Morgan fingerprint density at radius 3 is 2.17 bits per heavy atom. The largest absolute Gasteiger partial charge is 0.573 e. The van der Waals surface area contributed by atoms with Crippen LogP contribution in [0.15, 0.2) is 54.6 Å². The van der Waals surface area contributed by atoms with Gasteiger partial charge in [0, 0.05) is 19.3 Å². The average Bonchev–Trinajstić information content (AvgIpc) is 2.55. The smallest absolute Gasteiger partial charge is 0.406 e. The summed E-state index contributed by atoms with van der Waals surface area (Å²) in [5, 5.41) is 0. The maximum Gasteiger partial charge on any atom is 0.573 e. The minimum atomic E-state index is -4.66. The quantitative estimate of drug-likeness (QED) is 0.710. The van der Waals surface area contributed by atoms with Crippen LogP contribution in [0.3, 0.4) is 0 Å². The highest BCUT2D eigenvalue weighted by Gasteiger charge is 2.30. The molecule has 128 valence electrons. The molecule has 0 aliphatic heterocycles. The third-order valence-electron chi connectivity index (χ3n) is 3.59. The van der Waals surface area contributed by atoms with Crippen LogP contribution in [-0.4, -0.2) is 20.0 Å². The van der Waals surface area contributed by atoms with Gasteiger partial charge in [-0.05, 0) is 41.8 Å². The van der Waals surface area contributed by atoms with Crippen LogP contribution in [0.1, 0.15) is 18.1 Å². The first-order valence-corrected chi connectivity index (χ1v) is 7.70. The molecule has 0 aliphatic carbocycles. The van der Waals surface area contributed by atoms with Gasteiger partial charge in [0.05, 0.1) is 0 Å². The number of rotatable bonds is 6. The number of hydrogen-bond donors (Lipinski definition) is 0. The molecule has 0 spiro atoms. The lowest BCUT2D eigenvalue weighted by Gasteiger charge is -2.17. The third-order valence-corrected chi connectivity index (χ3v) is 3.59. The zero-order valence-electron chi connectivity index (χ0n) is 13.7. The van der Waals surface area contributed by atoms with Crippen LogP contribution in [0, 0.1) is 0 Å². The van der Waals surface area contributed by atoms with E-state index in [1.807, 2.05) is 19.2 Å². The lowest BCUT2D eigenvalue weighted by Crippen LogP contribution is -2.17. The molecule has 2 nitrogen and oxygen atoms in total. The van der Waals surface area contributed by atoms with Crippen molar-refractivity contribution in [3.05, 3.63) is 65.7 Å². The average molecular weight is 335 g/mol. The second-order valence-corrected chi connectivity index (χ2v) is 5.42. The highest BCUT2D eigenvalue weighted by Crippen LogP contribution is 2.23. The Morgan fingerprint density at radius 2 is 1.62 bits per heavy atom. The van der Waals surface area contributed by atoms with Crippen molar-refractivity contribution in [1.29, 1.82) is 0 Å². The van der Waals surface area contributed by atoms with E-state index in [1.165, 1.54) is 17.7 Å². The SMILES string of the molecule is CCc1ccc(N(C)CC=Cc2ccc(OC(F)(F)F)cc2)cc1. The number of nitrogens with zero attached hydrogens (tertiary/aromatic N) is 1. The van der Waals surface area contributed by atoms with Gasteiger partial charge in [-0.2, -0.15) is 0 Å². The molecule has 0 unspecified atom stereocenters. The van der Waals surface area contributed by atoms with Crippen LogP contribution in [0.25, 0.3) is 6.08 Å². The first kappa shape index (κ1) is 17.9. The van der Waals surface area contributed by atoms with Crippen LogP contribution in [0.2, 0.25) is 0 Å². The number of alkyl halides is 3. The summed E-state index contributed by atoms with van der Waals surface area (Å²) >= 11 is 0. The molecule has 0 atom stereocenters. The highest BCUT2D eigenvalue weighted by molar-refractivity contribution is 5.53. The molecule has 0 heterocycles. The fraction of sp³-hybridized carbons (Fsp3) is 0.263. The first-order valence-electron chi connectivity index (χ1n) is 7.70. The maximum absolute atomic E-state index is 12.1. The van der Waals surface area contributed by atoms with Crippen LogP contribution in [0.4, 0.5) is 18.9 Å². The normalized spacial score (nSPS) is 11.7. The van der Waals surface area contributed by atoms with Crippen LogP contribution >= 0.6 is 0 Å². The predicted octanol–water partition coefficient (Wildman–Crippen LogP) is 5.30. The summed E-state index contributed by atoms with van der Waals surface area (Å²) in [6, 6.07) is 14.2. The zero-order chi connectivity index (χ0) is 17.6. The zero-order valence-corrected chi connectivity index (χ0v) is 13.7. The summed E-state index contributed by atoms with van der Waals surface area (Å²) in [4.78, 5) is 2.09. The van der Waals surface area contributed by atoms with Crippen molar-refractivity contribution in [1.82, 2.24) is 0 Å². The van der Waals surface area contributed by atoms with Crippen LogP contribution in [-0.2, 0) is 6.42 Å². The maximum atomic E-state index is 12.1. The number of aryl methyl sites for hydroxylation is 1. The van der Waals surface area contributed by atoms with E-state index < -0.39 is 6.36 Å². The van der Waals surface area contributed by atoms with Crippen LogP contribution < -0.4 is 9.64 Å². The van der Waals surface area contributed by atoms with E-state index in [4.69, 9.17) is 0 Å². The molecule has 2 rings (SSSR count). The lowest BCUT2D eigenvalue weighted by molar-refractivity contribution is -0.274. The first-order chi connectivity index (χ1) is 11.4. The molecule has 2 aromatic rings. The number of likely N-dealkylation sites (N-methyl/N-ethyl adjacent to an activating group) is 1. The van der Waals surface area contributed by atoms with Crippen molar-refractivity contribution in [2.24, 2.45) is 0 Å². The minimum absolute atomic E-state index is 0.215. The Labute approximate surface area is 140 Å². The Kier molecular flexibility index (Phi) is 5.90. The molecule has 0 aromatic heterocycles. The Hall–Kier alpha value is -2.43. The lowest BCUT2D eigenvalue weighted by atomic mass is 10.1. The number of halogens is 3. The summed E-state index contributed by atoms with van der Waals surface area (Å²) in [6.07, 6.45) is 0.187. The van der Waals surface area contributed by atoms with Gasteiger partial charge in [-0.3, -0.25) is 0 Å². The van der Waals surface area contributed by atoms with E-state index in [-0.39, 0.29) is 5.75 Å². The summed E-state index contributed by atoms with van der Waals surface area (Å²) in [7, 11) is 1.99. The van der Waals surface area contributed by atoms with Gasteiger partial charge in [0.2, 0.25) is 0 Å². The second kappa shape index (κ2) is 7.90. The van der Waals surface area contributed by atoms with E-state index in [9.17, 15) is 13.2 Å². The molecule has 0 saturated carbocycles. The number of ether oxygens (including phenoxy) is 1. The molecule has 2 aromatic carbocycles. The topological polar surface area (TPSA) is 12.5 Å². The van der Waals surface area contributed by atoms with Gasteiger partial charge in [-0.1, -0.05) is 43.3 Å². The molecule has 0 bridgehead atoms. The van der Waals surface area contributed by atoms with Gasteiger partial charge in [0.15, 0.2) is 0 Å². The molecule has 0 amide bonds. The second-order valence-electron chi connectivity index (χ2n) is 5.42. The van der Waals surface area contributed by atoms with Crippen molar-refractivity contribution in [3.8, 4) is 5.75 Å². The molecule has 0 saturated heterocycles. The number of hydrogen-bond acceptors (Lipinski definition) is 2. The molecule has 0 N–H and O–H groups in total. The molecule has 24 heavy (non-hydrogen) atoms. The van der Waals surface area contributed by atoms with E-state index >= 15 is 0 Å². The predicted molar refractivity (Wildman–Crippen MR) is 91.2 cm³/mol. The Bertz CT molecular complexity index is 661. The third kappa shape index (κ3) is 5.65. The van der Waals surface area contributed by atoms with Crippen molar-refractivity contribution >= 4 is 11.8 Å².